The summed E-state index contributed by atoms with van der Waals surface area (Å²) in [5.41, 5.74) is 0.324. The van der Waals surface area contributed by atoms with Gasteiger partial charge in [0.1, 0.15) is 0 Å². The van der Waals surface area contributed by atoms with Crippen molar-refractivity contribution in [1.29, 1.82) is 0 Å². The lowest BCUT2D eigenvalue weighted by Crippen LogP contribution is -1.96. The molecule has 2 aromatic rings. The van der Waals surface area contributed by atoms with Gasteiger partial charge in [0.25, 0.3) is 0 Å². The highest BCUT2D eigenvalue weighted by Gasteiger charge is 2.11. The van der Waals surface area contributed by atoms with E-state index in [0.29, 0.717) is 15.7 Å². The number of aromatic nitrogens is 3. The number of aromatic carboxylic acids is 1. The van der Waals surface area contributed by atoms with Crippen LogP contribution in [0.3, 0.4) is 0 Å². The second-order valence-corrected chi connectivity index (χ2v) is 3.79. The quantitative estimate of drug-likeness (QED) is 0.897. The van der Waals surface area contributed by atoms with E-state index in [1.807, 2.05) is 0 Å². The Morgan fingerprint density at radius 1 is 1.38 bits per heavy atom. The van der Waals surface area contributed by atoms with Gasteiger partial charge in [-0.3, -0.25) is 0 Å². The molecule has 7 heteroatoms. The molecule has 1 aromatic heterocycles. The number of hydrogen-bond acceptors (Lipinski definition) is 3. The molecule has 16 heavy (non-hydrogen) atoms. The van der Waals surface area contributed by atoms with Crippen LogP contribution >= 0.6 is 23.2 Å². The van der Waals surface area contributed by atoms with Gasteiger partial charge in [0.15, 0.2) is 5.69 Å². The Morgan fingerprint density at radius 3 is 2.75 bits per heavy atom. The van der Waals surface area contributed by atoms with E-state index in [2.05, 4.69) is 10.3 Å². The highest BCUT2D eigenvalue weighted by Crippen LogP contribution is 2.23. The largest absolute Gasteiger partial charge is 0.476 e. The van der Waals surface area contributed by atoms with E-state index in [9.17, 15) is 4.79 Å². The number of nitrogens with zero attached hydrogens (tertiary/aromatic N) is 3. The maximum atomic E-state index is 10.6. The van der Waals surface area contributed by atoms with Gasteiger partial charge < -0.3 is 5.11 Å². The Labute approximate surface area is 100 Å². The smallest absolute Gasteiger partial charge is 0.358 e. The monoisotopic (exact) mass is 257 g/mol. The van der Waals surface area contributed by atoms with Crippen LogP contribution in [-0.2, 0) is 0 Å². The van der Waals surface area contributed by atoms with Gasteiger partial charge in [0, 0.05) is 5.02 Å². The second-order valence-electron chi connectivity index (χ2n) is 2.95. The van der Waals surface area contributed by atoms with Crippen LogP contribution in [0.2, 0.25) is 10.0 Å². The van der Waals surface area contributed by atoms with Crippen molar-refractivity contribution >= 4 is 29.2 Å². The van der Waals surface area contributed by atoms with Crippen LogP contribution in [0.5, 0.6) is 0 Å². The molecule has 1 aromatic carbocycles. The van der Waals surface area contributed by atoms with E-state index in [1.54, 1.807) is 18.2 Å². The summed E-state index contributed by atoms with van der Waals surface area (Å²) in [6, 6.07) is 4.80. The van der Waals surface area contributed by atoms with Crippen LogP contribution in [0.4, 0.5) is 0 Å². The van der Waals surface area contributed by atoms with Crippen molar-refractivity contribution in [2.45, 2.75) is 0 Å². The lowest BCUT2D eigenvalue weighted by Gasteiger charge is -2.02. The highest BCUT2D eigenvalue weighted by molar-refractivity contribution is 6.34. The van der Waals surface area contributed by atoms with E-state index in [-0.39, 0.29) is 5.69 Å². The average Bonchev–Trinajstić information content (AvgIpc) is 2.70. The molecule has 0 saturated carbocycles. The van der Waals surface area contributed by atoms with Gasteiger partial charge in [0.2, 0.25) is 0 Å². The van der Waals surface area contributed by atoms with Crippen LogP contribution in [0.15, 0.2) is 24.4 Å². The maximum absolute atomic E-state index is 10.6. The molecule has 5 nitrogen and oxygen atoms in total. The van der Waals surface area contributed by atoms with E-state index in [4.69, 9.17) is 28.3 Å². The summed E-state index contributed by atoms with van der Waals surface area (Å²) >= 11 is 11.7. The van der Waals surface area contributed by atoms with E-state index >= 15 is 0 Å². The molecule has 0 atom stereocenters. The summed E-state index contributed by atoms with van der Waals surface area (Å²) < 4.78 is 1.26. The summed E-state index contributed by atoms with van der Waals surface area (Å²) in [5.74, 6) is -1.15. The van der Waals surface area contributed by atoms with Gasteiger partial charge in [0.05, 0.1) is 16.9 Å². The van der Waals surface area contributed by atoms with Crippen LogP contribution < -0.4 is 0 Å². The Kier molecular flexibility index (Phi) is 2.80. The second kappa shape index (κ2) is 4.11. The SMILES string of the molecule is O=C(O)c1cn(-c2cc(Cl)ccc2Cl)nn1. The fraction of sp³-hybridized carbons (Fsp3) is 0. The topological polar surface area (TPSA) is 68.0 Å². The number of benzene rings is 1. The molecule has 0 amide bonds. The predicted molar refractivity (Wildman–Crippen MR) is 58.3 cm³/mol. The third kappa shape index (κ3) is 2.00. The van der Waals surface area contributed by atoms with E-state index in [1.165, 1.54) is 10.9 Å². The molecule has 0 fully saturated rings. The van der Waals surface area contributed by atoms with Gasteiger partial charge in [-0.25, -0.2) is 9.48 Å². The molecule has 82 valence electrons. The number of rotatable bonds is 2. The molecule has 0 aliphatic carbocycles. The first-order valence-corrected chi connectivity index (χ1v) is 4.94. The summed E-state index contributed by atoms with van der Waals surface area (Å²) in [6.07, 6.45) is 1.26. The first-order chi connectivity index (χ1) is 7.58. The zero-order chi connectivity index (χ0) is 11.7. The molecule has 0 spiro atoms. The van der Waals surface area contributed by atoms with Gasteiger partial charge in [-0.1, -0.05) is 28.4 Å². The van der Waals surface area contributed by atoms with Crippen molar-refractivity contribution < 1.29 is 9.90 Å². The van der Waals surface area contributed by atoms with Gasteiger partial charge in [-0.2, -0.15) is 0 Å². The summed E-state index contributed by atoms with van der Waals surface area (Å²) in [5, 5.41) is 16.7. The van der Waals surface area contributed by atoms with E-state index in [0.717, 1.165) is 0 Å². The summed E-state index contributed by atoms with van der Waals surface area (Å²) in [7, 11) is 0. The molecule has 0 aliphatic rings. The lowest BCUT2D eigenvalue weighted by molar-refractivity contribution is 0.0690. The molecule has 0 bridgehead atoms. The number of carboxylic acids is 1. The first-order valence-electron chi connectivity index (χ1n) is 4.19. The normalized spacial score (nSPS) is 10.4. The third-order valence-electron chi connectivity index (χ3n) is 1.87. The third-order valence-corrected chi connectivity index (χ3v) is 2.42. The number of hydrogen-bond donors (Lipinski definition) is 1. The lowest BCUT2D eigenvalue weighted by atomic mass is 10.3. The van der Waals surface area contributed by atoms with Crippen molar-refractivity contribution in [3.63, 3.8) is 0 Å². The number of halogens is 2. The first kappa shape index (κ1) is 10.9. The fourth-order valence-electron chi connectivity index (χ4n) is 1.14. The molecule has 0 aliphatic heterocycles. The molecule has 0 radical (unpaired) electrons. The van der Waals surface area contributed by atoms with E-state index < -0.39 is 5.97 Å². The molecule has 0 saturated heterocycles. The Balaban J connectivity index is 2.50. The summed E-state index contributed by atoms with van der Waals surface area (Å²) in [6.45, 7) is 0. The Morgan fingerprint density at radius 2 is 2.12 bits per heavy atom. The van der Waals surface area contributed by atoms with Crippen LogP contribution in [-0.4, -0.2) is 26.1 Å². The molecule has 1 N–H and O–H groups in total. The number of carbonyl (C=O) groups is 1. The minimum atomic E-state index is -1.15. The van der Waals surface area contributed by atoms with Crippen molar-refractivity contribution in [2.75, 3.05) is 0 Å². The average molecular weight is 258 g/mol. The van der Waals surface area contributed by atoms with Crippen molar-refractivity contribution in [3.8, 4) is 5.69 Å². The molecule has 1 heterocycles. The van der Waals surface area contributed by atoms with Crippen molar-refractivity contribution in [3.05, 3.63) is 40.1 Å². The van der Waals surface area contributed by atoms with Crippen LogP contribution in [0.1, 0.15) is 10.5 Å². The molecular weight excluding hydrogens is 253 g/mol. The Hall–Kier alpha value is -1.59. The predicted octanol–water partition coefficient (Wildman–Crippen LogP) is 2.27. The van der Waals surface area contributed by atoms with Crippen LogP contribution in [0, 0.1) is 0 Å². The highest BCUT2D eigenvalue weighted by atomic mass is 35.5. The van der Waals surface area contributed by atoms with Crippen LogP contribution in [0.25, 0.3) is 5.69 Å². The summed E-state index contributed by atoms with van der Waals surface area (Å²) in [4.78, 5) is 10.6. The minimum absolute atomic E-state index is 0.156. The van der Waals surface area contributed by atoms with Crippen molar-refractivity contribution in [2.24, 2.45) is 0 Å². The zero-order valence-electron chi connectivity index (χ0n) is 7.76. The zero-order valence-corrected chi connectivity index (χ0v) is 9.27. The van der Waals surface area contributed by atoms with Gasteiger partial charge in [-0.15, -0.1) is 5.10 Å². The minimum Gasteiger partial charge on any atom is -0.476 e. The molecule has 2 rings (SSSR count). The molecular formula is C9H5Cl2N3O2. The molecule has 0 unspecified atom stereocenters. The fourth-order valence-corrected chi connectivity index (χ4v) is 1.51. The standard InChI is InChI=1S/C9H5Cl2N3O2/c10-5-1-2-6(11)8(3-5)14-4-7(9(15)16)12-13-14/h1-4H,(H,15,16). The van der Waals surface area contributed by atoms with Crippen molar-refractivity contribution in [1.82, 2.24) is 15.0 Å². The van der Waals surface area contributed by atoms with Gasteiger partial charge >= 0.3 is 5.97 Å². The van der Waals surface area contributed by atoms with Gasteiger partial charge in [-0.05, 0) is 18.2 Å². The maximum Gasteiger partial charge on any atom is 0.358 e. The number of carboxylic acid groups (broad SMARTS) is 1. The Bertz CT molecular complexity index is 553.